The fourth-order valence-corrected chi connectivity index (χ4v) is 2.27. The van der Waals surface area contributed by atoms with E-state index in [0.717, 1.165) is 11.4 Å². The molecule has 1 aromatic carbocycles. The Bertz CT molecular complexity index is 555. The first kappa shape index (κ1) is 16.1. The minimum Gasteiger partial charge on any atom is -0.467 e. The monoisotopic (exact) mass is 302 g/mol. The number of carbonyl (C=O) groups excluding carboxylic acids is 1. The summed E-state index contributed by atoms with van der Waals surface area (Å²) in [4.78, 5) is 14.2. The lowest BCUT2D eigenvalue weighted by molar-refractivity contribution is -0.120. The van der Waals surface area contributed by atoms with Crippen molar-refractivity contribution in [2.45, 2.75) is 19.4 Å². The van der Waals surface area contributed by atoms with E-state index in [4.69, 9.17) is 9.52 Å². The maximum atomic E-state index is 12.2. The van der Waals surface area contributed by atoms with Crippen molar-refractivity contribution >= 4 is 11.6 Å². The van der Waals surface area contributed by atoms with Crippen LogP contribution in [0.1, 0.15) is 25.1 Å². The Morgan fingerprint density at radius 2 is 2.05 bits per heavy atom. The van der Waals surface area contributed by atoms with Crippen molar-refractivity contribution < 1.29 is 14.3 Å². The van der Waals surface area contributed by atoms with E-state index in [9.17, 15) is 4.79 Å². The molecule has 1 aromatic heterocycles. The molecule has 2 rings (SSSR count). The number of nitrogens with zero attached hydrogens (tertiary/aromatic N) is 1. The largest absolute Gasteiger partial charge is 0.467 e. The molecule has 1 heterocycles. The number of hydrogen-bond donors (Lipinski definition) is 2. The van der Waals surface area contributed by atoms with Gasteiger partial charge in [-0.3, -0.25) is 4.79 Å². The second-order valence-corrected chi connectivity index (χ2v) is 5.14. The van der Waals surface area contributed by atoms with Crippen LogP contribution in [0.15, 0.2) is 53.1 Å². The number of furan rings is 1. The normalized spacial score (nSPS) is 11.9. The molecule has 0 saturated carbocycles. The second-order valence-electron chi connectivity index (χ2n) is 5.14. The topological polar surface area (TPSA) is 65.7 Å². The summed E-state index contributed by atoms with van der Waals surface area (Å²) in [5, 5.41) is 11.9. The third kappa shape index (κ3) is 4.63. The highest BCUT2D eigenvalue weighted by Crippen LogP contribution is 2.15. The highest BCUT2D eigenvalue weighted by molar-refractivity contribution is 5.81. The number of benzene rings is 1. The van der Waals surface area contributed by atoms with Crippen molar-refractivity contribution in [3.8, 4) is 0 Å². The number of para-hydroxylation sites is 1. The summed E-state index contributed by atoms with van der Waals surface area (Å²) in [6.45, 7) is 2.86. The molecule has 0 aliphatic rings. The van der Waals surface area contributed by atoms with Gasteiger partial charge < -0.3 is 19.7 Å². The zero-order valence-corrected chi connectivity index (χ0v) is 12.7. The summed E-state index contributed by atoms with van der Waals surface area (Å²) in [7, 11) is 0. The molecule has 0 spiro atoms. The molecule has 1 amide bonds. The van der Waals surface area contributed by atoms with Crippen LogP contribution in [0.3, 0.4) is 0 Å². The molecule has 0 saturated heterocycles. The Morgan fingerprint density at radius 3 is 2.68 bits per heavy atom. The minimum absolute atomic E-state index is 0.0781. The Kier molecular flexibility index (Phi) is 6.03. The van der Waals surface area contributed by atoms with E-state index in [1.54, 1.807) is 12.3 Å². The number of aliphatic hydroxyl groups is 1. The van der Waals surface area contributed by atoms with Crippen molar-refractivity contribution in [2.75, 3.05) is 24.6 Å². The van der Waals surface area contributed by atoms with Gasteiger partial charge in [0.05, 0.1) is 18.8 Å². The zero-order chi connectivity index (χ0) is 15.8. The maximum Gasteiger partial charge on any atom is 0.240 e. The van der Waals surface area contributed by atoms with Gasteiger partial charge in [0.1, 0.15) is 5.76 Å². The van der Waals surface area contributed by atoms with Gasteiger partial charge in [-0.15, -0.1) is 0 Å². The number of nitrogens with one attached hydrogen (secondary N) is 1. The van der Waals surface area contributed by atoms with Crippen LogP contribution in [0.5, 0.6) is 0 Å². The van der Waals surface area contributed by atoms with Crippen LogP contribution in [0, 0.1) is 0 Å². The molecule has 2 aromatic rings. The SMILES string of the molecule is CC(NC(=O)CN(CCCO)c1ccccc1)c1ccco1. The third-order valence-corrected chi connectivity index (χ3v) is 3.39. The Labute approximate surface area is 130 Å². The van der Waals surface area contributed by atoms with Gasteiger partial charge in [-0.25, -0.2) is 0 Å². The van der Waals surface area contributed by atoms with Crippen LogP contribution in [0.4, 0.5) is 5.69 Å². The van der Waals surface area contributed by atoms with E-state index in [1.807, 2.05) is 48.2 Å². The van der Waals surface area contributed by atoms with E-state index in [2.05, 4.69) is 5.32 Å². The Morgan fingerprint density at radius 1 is 1.27 bits per heavy atom. The van der Waals surface area contributed by atoms with Gasteiger partial charge >= 0.3 is 0 Å². The predicted octanol–water partition coefficient (Wildman–Crippen LogP) is 2.35. The van der Waals surface area contributed by atoms with Crippen molar-refractivity contribution in [1.29, 1.82) is 0 Å². The molecule has 0 aliphatic heterocycles. The lowest BCUT2D eigenvalue weighted by atomic mass is 10.2. The molecule has 0 fully saturated rings. The summed E-state index contributed by atoms with van der Waals surface area (Å²) < 4.78 is 5.29. The first-order valence-corrected chi connectivity index (χ1v) is 7.44. The molecule has 5 nitrogen and oxygen atoms in total. The lowest BCUT2D eigenvalue weighted by Gasteiger charge is -2.24. The molecule has 1 atom stereocenters. The quantitative estimate of drug-likeness (QED) is 0.785. The summed E-state index contributed by atoms with van der Waals surface area (Å²) in [6, 6.07) is 13.2. The van der Waals surface area contributed by atoms with Crippen molar-refractivity contribution in [3.05, 3.63) is 54.5 Å². The van der Waals surface area contributed by atoms with Crippen molar-refractivity contribution in [1.82, 2.24) is 5.32 Å². The molecule has 0 radical (unpaired) electrons. The maximum absolute atomic E-state index is 12.2. The summed E-state index contributed by atoms with van der Waals surface area (Å²) in [5.41, 5.74) is 0.969. The first-order chi connectivity index (χ1) is 10.7. The minimum atomic E-state index is -0.169. The van der Waals surface area contributed by atoms with Crippen LogP contribution in [-0.4, -0.2) is 30.7 Å². The van der Waals surface area contributed by atoms with Crippen LogP contribution >= 0.6 is 0 Å². The van der Waals surface area contributed by atoms with Gasteiger partial charge in [0.25, 0.3) is 0 Å². The number of hydrogen-bond acceptors (Lipinski definition) is 4. The fourth-order valence-electron chi connectivity index (χ4n) is 2.27. The highest BCUT2D eigenvalue weighted by Gasteiger charge is 2.15. The smallest absolute Gasteiger partial charge is 0.240 e. The number of rotatable bonds is 8. The number of aliphatic hydroxyl groups excluding tert-OH is 1. The van der Waals surface area contributed by atoms with Gasteiger partial charge in [0, 0.05) is 18.8 Å². The third-order valence-electron chi connectivity index (χ3n) is 3.39. The van der Waals surface area contributed by atoms with E-state index in [-0.39, 0.29) is 25.1 Å². The van der Waals surface area contributed by atoms with Crippen LogP contribution in [0.25, 0.3) is 0 Å². The average molecular weight is 302 g/mol. The summed E-state index contributed by atoms with van der Waals surface area (Å²) in [5.74, 6) is 0.653. The molecule has 0 bridgehead atoms. The van der Waals surface area contributed by atoms with E-state index < -0.39 is 0 Å². The predicted molar refractivity (Wildman–Crippen MR) is 85.6 cm³/mol. The van der Waals surface area contributed by atoms with E-state index >= 15 is 0 Å². The van der Waals surface area contributed by atoms with Gasteiger partial charge in [-0.05, 0) is 37.6 Å². The van der Waals surface area contributed by atoms with Crippen LogP contribution in [-0.2, 0) is 4.79 Å². The zero-order valence-electron chi connectivity index (χ0n) is 12.7. The van der Waals surface area contributed by atoms with Gasteiger partial charge in [0.2, 0.25) is 5.91 Å². The molecule has 5 heteroatoms. The summed E-state index contributed by atoms with van der Waals surface area (Å²) in [6.07, 6.45) is 2.21. The molecule has 118 valence electrons. The first-order valence-electron chi connectivity index (χ1n) is 7.44. The second kappa shape index (κ2) is 8.24. The van der Waals surface area contributed by atoms with E-state index in [0.29, 0.717) is 13.0 Å². The van der Waals surface area contributed by atoms with E-state index in [1.165, 1.54) is 0 Å². The average Bonchev–Trinajstić information content (AvgIpc) is 3.06. The Balaban J connectivity index is 1.96. The van der Waals surface area contributed by atoms with Gasteiger partial charge in [-0.1, -0.05) is 18.2 Å². The molecule has 1 unspecified atom stereocenters. The Hall–Kier alpha value is -2.27. The number of amides is 1. The molecule has 0 aliphatic carbocycles. The van der Waals surface area contributed by atoms with Gasteiger partial charge in [-0.2, -0.15) is 0 Å². The van der Waals surface area contributed by atoms with Crippen LogP contribution < -0.4 is 10.2 Å². The van der Waals surface area contributed by atoms with Crippen molar-refractivity contribution in [2.24, 2.45) is 0 Å². The standard InChI is InChI=1S/C17H22N2O3/c1-14(16-9-5-12-22-16)18-17(21)13-19(10-6-11-20)15-7-3-2-4-8-15/h2-5,7-9,12,14,20H,6,10-11,13H2,1H3,(H,18,21). The fraction of sp³-hybridized carbons (Fsp3) is 0.353. The molecule has 2 N–H and O–H groups in total. The van der Waals surface area contributed by atoms with Crippen molar-refractivity contribution in [3.63, 3.8) is 0 Å². The lowest BCUT2D eigenvalue weighted by Crippen LogP contribution is -2.39. The van der Waals surface area contributed by atoms with Crippen LogP contribution in [0.2, 0.25) is 0 Å². The number of carbonyl (C=O) groups is 1. The molecule has 22 heavy (non-hydrogen) atoms. The highest BCUT2D eigenvalue weighted by atomic mass is 16.3. The molecular formula is C17H22N2O3. The molecular weight excluding hydrogens is 280 g/mol. The number of anilines is 1. The van der Waals surface area contributed by atoms with Gasteiger partial charge in [0.15, 0.2) is 0 Å². The summed E-state index contributed by atoms with van der Waals surface area (Å²) >= 11 is 0.